The van der Waals surface area contributed by atoms with Crippen LogP contribution < -0.4 is 5.32 Å². The summed E-state index contributed by atoms with van der Waals surface area (Å²) >= 11 is 3.14. The lowest BCUT2D eigenvalue weighted by atomic mass is 10.1. The molecule has 0 atom stereocenters. The van der Waals surface area contributed by atoms with E-state index >= 15 is 0 Å². The second-order valence-corrected chi connectivity index (χ2v) is 4.27. The second-order valence-electron chi connectivity index (χ2n) is 3.15. The number of halogens is 2. The Bertz CT molecular complexity index is 423. The van der Waals surface area contributed by atoms with Gasteiger partial charge in [-0.1, -0.05) is 22.5 Å². The predicted octanol–water partition coefficient (Wildman–Crippen LogP) is 2.73. The first-order chi connectivity index (χ1) is 7.50. The molecule has 6 heteroatoms. The Labute approximate surface area is 100 Å². The summed E-state index contributed by atoms with van der Waals surface area (Å²) in [6.45, 7) is 4.29. The van der Waals surface area contributed by atoms with E-state index in [1.54, 1.807) is 0 Å². The highest BCUT2D eigenvalue weighted by Crippen LogP contribution is 2.19. The Morgan fingerprint density at radius 2 is 2.31 bits per heavy atom. The first-order valence-corrected chi connectivity index (χ1v) is 5.27. The number of hydrogen-bond donors (Lipinski definition) is 1. The Balaban J connectivity index is 2.80. The van der Waals surface area contributed by atoms with E-state index in [0.29, 0.717) is 12.1 Å². The van der Waals surface area contributed by atoms with Gasteiger partial charge in [0, 0.05) is 29.2 Å². The number of rotatable bonds is 5. The Kier molecular flexibility index (Phi) is 4.57. The molecular formula is C10H10BrFN2O2. The zero-order valence-electron chi connectivity index (χ0n) is 8.37. The van der Waals surface area contributed by atoms with E-state index in [0.717, 1.165) is 22.7 Å². The molecule has 0 spiro atoms. The molecule has 0 heterocycles. The standard InChI is InChI=1S/C10H10BrFN2O2/c1-7(11)5-13-6-8-4-9(12)2-3-10(8)14(15)16/h2-4,13H,1,5-6H2. The van der Waals surface area contributed by atoms with E-state index in [-0.39, 0.29) is 12.2 Å². The van der Waals surface area contributed by atoms with Crippen LogP contribution in [0, 0.1) is 15.9 Å². The van der Waals surface area contributed by atoms with Gasteiger partial charge >= 0.3 is 0 Å². The van der Waals surface area contributed by atoms with E-state index in [1.165, 1.54) is 0 Å². The summed E-state index contributed by atoms with van der Waals surface area (Å²) in [5.74, 6) is -0.486. The van der Waals surface area contributed by atoms with E-state index < -0.39 is 10.7 Å². The minimum atomic E-state index is -0.528. The largest absolute Gasteiger partial charge is 0.308 e. The molecule has 0 aromatic heterocycles. The molecular weight excluding hydrogens is 279 g/mol. The molecule has 0 saturated heterocycles. The maximum Gasteiger partial charge on any atom is 0.274 e. The predicted molar refractivity (Wildman–Crippen MR) is 62.8 cm³/mol. The highest BCUT2D eigenvalue weighted by atomic mass is 79.9. The summed E-state index contributed by atoms with van der Waals surface area (Å²) in [5, 5.41) is 13.6. The second kappa shape index (κ2) is 5.72. The number of nitro benzene ring substituents is 1. The van der Waals surface area contributed by atoms with Crippen molar-refractivity contribution in [3.8, 4) is 0 Å². The first kappa shape index (κ1) is 12.8. The van der Waals surface area contributed by atoms with E-state index in [1.807, 2.05) is 0 Å². The summed E-state index contributed by atoms with van der Waals surface area (Å²) in [4.78, 5) is 10.1. The van der Waals surface area contributed by atoms with Crippen molar-refractivity contribution in [1.82, 2.24) is 5.32 Å². The van der Waals surface area contributed by atoms with Crippen molar-refractivity contribution in [3.05, 3.63) is 50.8 Å². The molecule has 16 heavy (non-hydrogen) atoms. The van der Waals surface area contributed by atoms with E-state index in [9.17, 15) is 14.5 Å². The fraction of sp³-hybridized carbons (Fsp3) is 0.200. The highest BCUT2D eigenvalue weighted by Gasteiger charge is 2.13. The third-order valence-electron chi connectivity index (χ3n) is 1.87. The SMILES string of the molecule is C=C(Br)CNCc1cc(F)ccc1[N+](=O)[O-]. The topological polar surface area (TPSA) is 55.2 Å². The van der Waals surface area contributed by atoms with Crippen molar-refractivity contribution >= 4 is 21.6 Å². The molecule has 0 unspecified atom stereocenters. The van der Waals surface area contributed by atoms with Crippen molar-refractivity contribution in [2.45, 2.75) is 6.54 Å². The van der Waals surface area contributed by atoms with Crippen LogP contribution >= 0.6 is 15.9 Å². The minimum absolute atomic E-state index is 0.0888. The van der Waals surface area contributed by atoms with Gasteiger partial charge < -0.3 is 5.32 Å². The molecule has 0 fully saturated rings. The van der Waals surface area contributed by atoms with E-state index in [4.69, 9.17) is 0 Å². The van der Waals surface area contributed by atoms with Gasteiger partial charge in [-0.05, 0) is 12.1 Å². The molecule has 0 aliphatic heterocycles. The quantitative estimate of drug-likeness (QED) is 0.670. The summed E-state index contributed by atoms with van der Waals surface area (Å²) in [6.07, 6.45) is 0. The molecule has 0 amide bonds. The van der Waals surface area contributed by atoms with Gasteiger partial charge in [-0.2, -0.15) is 0 Å². The molecule has 0 radical (unpaired) electrons. The van der Waals surface area contributed by atoms with Crippen LogP contribution in [-0.2, 0) is 6.54 Å². The average molecular weight is 289 g/mol. The van der Waals surface area contributed by atoms with Crippen LogP contribution in [0.3, 0.4) is 0 Å². The third kappa shape index (κ3) is 3.71. The zero-order chi connectivity index (χ0) is 12.1. The third-order valence-corrected chi connectivity index (χ3v) is 2.15. The lowest BCUT2D eigenvalue weighted by molar-refractivity contribution is -0.385. The highest BCUT2D eigenvalue weighted by molar-refractivity contribution is 9.11. The molecule has 0 saturated carbocycles. The number of nitrogens with one attached hydrogen (secondary N) is 1. The lowest BCUT2D eigenvalue weighted by Crippen LogP contribution is -2.15. The summed E-state index contributed by atoms with van der Waals surface area (Å²) < 4.78 is 13.6. The molecule has 1 aromatic rings. The molecule has 1 aromatic carbocycles. The zero-order valence-corrected chi connectivity index (χ0v) is 9.96. The normalized spacial score (nSPS) is 10.1. The van der Waals surface area contributed by atoms with Gasteiger partial charge in [0.1, 0.15) is 5.82 Å². The van der Waals surface area contributed by atoms with Crippen LogP contribution in [0.2, 0.25) is 0 Å². The van der Waals surface area contributed by atoms with Gasteiger partial charge in [0.15, 0.2) is 0 Å². The van der Waals surface area contributed by atoms with Crippen LogP contribution in [0.1, 0.15) is 5.56 Å². The van der Waals surface area contributed by atoms with Gasteiger partial charge in [-0.25, -0.2) is 4.39 Å². The lowest BCUT2D eigenvalue weighted by Gasteiger charge is -2.04. The van der Waals surface area contributed by atoms with E-state index in [2.05, 4.69) is 27.8 Å². The molecule has 0 aliphatic rings. The van der Waals surface area contributed by atoms with Gasteiger partial charge in [0.25, 0.3) is 5.69 Å². The molecule has 0 aliphatic carbocycles. The molecule has 1 rings (SSSR count). The maximum atomic E-state index is 12.9. The van der Waals surface area contributed by atoms with Gasteiger partial charge in [-0.15, -0.1) is 0 Å². The Morgan fingerprint density at radius 1 is 1.62 bits per heavy atom. The number of hydrogen-bond acceptors (Lipinski definition) is 3. The molecule has 0 bridgehead atoms. The average Bonchev–Trinajstić information content (AvgIpc) is 2.16. The summed E-state index contributed by atoms with van der Waals surface area (Å²) in [5.41, 5.74) is 0.229. The molecule has 86 valence electrons. The number of nitro groups is 1. The number of benzene rings is 1. The van der Waals surface area contributed by atoms with Crippen molar-refractivity contribution in [2.75, 3.05) is 6.54 Å². The monoisotopic (exact) mass is 288 g/mol. The van der Waals surface area contributed by atoms with Gasteiger partial charge in [-0.3, -0.25) is 10.1 Å². The minimum Gasteiger partial charge on any atom is -0.308 e. The van der Waals surface area contributed by atoms with Crippen molar-refractivity contribution < 1.29 is 9.31 Å². The number of nitrogens with zero attached hydrogens (tertiary/aromatic N) is 1. The van der Waals surface area contributed by atoms with Crippen LogP contribution in [0.25, 0.3) is 0 Å². The van der Waals surface area contributed by atoms with Crippen molar-refractivity contribution in [3.63, 3.8) is 0 Å². The smallest absolute Gasteiger partial charge is 0.274 e. The van der Waals surface area contributed by atoms with Gasteiger partial charge in [0.2, 0.25) is 0 Å². The van der Waals surface area contributed by atoms with Crippen molar-refractivity contribution in [2.24, 2.45) is 0 Å². The Hall–Kier alpha value is -1.27. The van der Waals surface area contributed by atoms with Crippen molar-refractivity contribution in [1.29, 1.82) is 0 Å². The fourth-order valence-corrected chi connectivity index (χ4v) is 1.40. The molecule has 4 nitrogen and oxygen atoms in total. The van der Waals surface area contributed by atoms with Crippen LogP contribution in [0.15, 0.2) is 29.3 Å². The summed E-state index contributed by atoms with van der Waals surface area (Å²) in [6, 6.07) is 3.39. The van der Waals surface area contributed by atoms with Crippen LogP contribution in [0.5, 0.6) is 0 Å². The van der Waals surface area contributed by atoms with Gasteiger partial charge in [0.05, 0.1) is 4.92 Å². The Morgan fingerprint density at radius 3 is 2.88 bits per heavy atom. The molecule has 1 N–H and O–H groups in total. The summed E-state index contributed by atoms with van der Waals surface area (Å²) in [7, 11) is 0. The fourth-order valence-electron chi connectivity index (χ4n) is 1.21. The first-order valence-electron chi connectivity index (χ1n) is 4.47. The maximum absolute atomic E-state index is 12.9. The van der Waals surface area contributed by atoms with Crippen LogP contribution in [-0.4, -0.2) is 11.5 Å². The van der Waals surface area contributed by atoms with Crippen LogP contribution in [0.4, 0.5) is 10.1 Å².